The summed E-state index contributed by atoms with van der Waals surface area (Å²) in [5, 5.41) is 3.02. The molecule has 0 unspecified atom stereocenters. The van der Waals surface area contributed by atoms with Crippen LogP contribution in [0.15, 0.2) is 24.3 Å². The molecule has 100 valence electrons. The smallest absolute Gasteiger partial charge is 0.251 e. The van der Waals surface area contributed by atoms with Crippen LogP contribution in [0.1, 0.15) is 28.8 Å². The van der Waals surface area contributed by atoms with E-state index in [1.165, 1.54) is 0 Å². The Morgan fingerprint density at radius 1 is 1.28 bits per heavy atom. The van der Waals surface area contributed by atoms with Gasteiger partial charge in [0.25, 0.3) is 5.91 Å². The fourth-order valence-corrected chi connectivity index (χ4v) is 1.90. The molecule has 4 nitrogen and oxygen atoms in total. The Morgan fingerprint density at radius 2 is 1.89 bits per heavy atom. The van der Waals surface area contributed by atoms with Crippen molar-refractivity contribution in [2.24, 2.45) is 5.73 Å². The molecule has 0 aliphatic carbocycles. The van der Waals surface area contributed by atoms with Gasteiger partial charge in [-0.1, -0.05) is 12.1 Å². The van der Waals surface area contributed by atoms with Crippen LogP contribution in [0.25, 0.3) is 0 Å². The number of halogens is 1. The maximum absolute atomic E-state index is 11.9. The third-order valence-corrected chi connectivity index (χ3v) is 3.01. The summed E-state index contributed by atoms with van der Waals surface area (Å²) in [4.78, 5) is 11.9. The molecule has 1 amide bonds. The number of ether oxygens (including phenoxy) is 1. The first-order chi connectivity index (χ1) is 8.29. The summed E-state index contributed by atoms with van der Waals surface area (Å²) in [5.41, 5.74) is 7.23. The van der Waals surface area contributed by atoms with Crippen molar-refractivity contribution >= 4 is 18.3 Å². The average molecular weight is 271 g/mol. The van der Waals surface area contributed by atoms with E-state index >= 15 is 0 Å². The van der Waals surface area contributed by atoms with E-state index in [1.54, 1.807) is 0 Å². The number of benzene rings is 1. The third-order valence-electron chi connectivity index (χ3n) is 3.01. The minimum atomic E-state index is -0.0135. The van der Waals surface area contributed by atoms with Gasteiger partial charge in [0.1, 0.15) is 0 Å². The molecule has 1 aliphatic heterocycles. The predicted molar refractivity (Wildman–Crippen MR) is 72.9 cm³/mol. The molecule has 0 spiro atoms. The quantitative estimate of drug-likeness (QED) is 0.874. The number of hydrogen-bond acceptors (Lipinski definition) is 3. The second kappa shape index (κ2) is 7.36. The van der Waals surface area contributed by atoms with Crippen LogP contribution in [0.3, 0.4) is 0 Å². The molecule has 0 bridgehead atoms. The van der Waals surface area contributed by atoms with Gasteiger partial charge in [-0.2, -0.15) is 0 Å². The highest BCUT2D eigenvalue weighted by Gasteiger charge is 2.16. The van der Waals surface area contributed by atoms with Crippen molar-refractivity contribution in [1.82, 2.24) is 5.32 Å². The Morgan fingerprint density at radius 3 is 2.44 bits per heavy atom. The Hall–Kier alpha value is -1.10. The van der Waals surface area contributed by atoms with Crippen LogP contribution in [-0.2, 0) is 11.3 Å². The highest BCUT2D eigenvalue weighted by atomic mass is 35.5. The van der Waals surface area contributed by atoms with Gasteiger partial charge in [0, 0.05) is 31.4 Å². The minimum Gasteiger partial charge on any atom is -0.381 e. The van der Waals surface area contributed by atoms with Crippen LogP contribution in [0, 0.1) is 0 Å². The molecule has 0 aromatic heterocycles. The van der Waals surface area contributed by atoms with Gasteiger partial charge in [0.05, 0.1) is 0 Å². The second-order valence-electron chi connectivity index (χ2n) is 4.26. The van der Waals surface area contributed by atoms with E-state index in [1.807, 2.05) is 24.3 Å². The number of nitrogens with two attached hydrogens (primary N) is 1. The summed E-state index contributed by atoms with van der Waals surface area (Å²) in [6.07, 6.45) is 1.79. The topological polar surface area (TPSA) is 64.4 Å². The molecule has 1 aromatic carbocycles. The zero-order valence-electron chi connectivity index (χ0n) is 10.2. The molecule has 18 heavy (non-hydrogen) atoms. The zero-order valence-corrected chi connectivity index (χ0v) is 11.0. The first kappa shape index (κ1) is 15.0. The lowest BCUT2D eigenvalue weighted by Gasteiger charge is -2.23. The van der Waals surface area contributed by atoms with Gasteiger partial charge in [-0.05, 0) is 30.5 Å². The molecule has 1 saturated heterocycles. The average Bonchev–Trinajstić information content (AvgIpc) is 2.40. The van der Waals surface area contributed by atoms with Crippen molar-refractivity contribution in [3.05, 3.63) is 35.4 Å². The lowest BCUT2D eigenvalue weighted by atomic mass is 10.1. The standard InChI is InChI=1S/C13H18N2O2.ClH/c14-9-10-1-3-11(4-2-10)13(16)15-12-5-7-17-8-6-12;/h1-4,12H,5-9,14H2,(H,15,16);1H. The van der Waals surface area contributed by atoms with E-state index in [9.17, 15) is 4.79 Å². The van der Waals surface area contributed by atoms with E-state index in [-0.39, 0.29) is 24.4 Å². The molecule has 1 aromatic rings. The largest absolute Gasteiger partial charge is 0.381 e. The number of hydrogen-bond donors (Lipinski definition) is 2. The van der Waals surface area contributed by atoms with Gasteiger partial charge in [-0.3, -0.25) is 4.79 Å². The van der Waals surface area contributed by atoms with Crippen LogP contribution in [0.2, 0.25) is 0 Å². The lowest BCUT2D eigenvalue weighted by Crippen LogP contribution is -2.38. The molecule has 1 fully saturated rings. The summed E-state index contributed by atoms with van der Waals surface area (Å²) in [5.74, 6) is -0.0135. The molecular formula is C13H19ClN2O2. The summed E-state index contributed by atoms with van der Waals surface area (Å²) in [7, 11) is 0. The zero-order chi connectivity index (χ0) is 12.1. The van der Waals surface area contributed by atoms with Gasteiger partial charge in [-0.15, -0.1) is 12.4 Å². The van der Waals surface area contributed by atoms with Crippen molar-refractivity contribution < 1.29 is 9.53 Å². The molecule has 1 heterocycles. The highest BCUT2D eigenvalue weighted by molar-refractivity contribution is 5.94. The van der Waals surface area contributed by atoms with Crippen LogP contribution < -0.4 is 11.1 Å². The fourth-order valence-electron chi connectivity index (χ4n) is 1.90. The van der Waals surface area contributed by atoms with Crippen molar-refractivity contribution in [2.75, 3.05) is 13.2 Å². The molecular weight excluding hydrogens is 252 g/mol. The number of carbonyl (C=O) groups excluding carboxylic acids is 1. The van der Waals surface area contributed by atoms with Crippen molar-refractivity contribution in [1.29, 1.82) is 0 Å². The van der Waals surface area contributed by atoms with Gasteiger partial charge in [0.2, 0.25) is 0 Å². The van der Waals surface area contributed by atoms with Crippen molar-refractivity contribution in [3.8, 4) is 0 Å². The van der Waals surface area contributed by atoms with Gasteiger partial charge < -0.3 is 15.8 Å². The van der Waals surface area contributed by atoms with Gasteiger partial charge in [0.15, 0.2) is 0 Å². The third kappa shape index (κ3) is 3.98. The Kier molecular flexibility index (Phi) is 6.12. The first-order valence-electron chi connectivity index (χ1n) is 5.97. The van der Waals surface area contributed by atoms with E-state index < -0.39 is 0 Å². The summed E-state index contributed by atoms with van der Waals surface area (Å²) in [6, 6.07) is 7.65. The van der Waals surface area contributed by atoms with Gasteiger partial charge in [-0.25, -0.2) is 0 Å². The Labute approximate surface area is 113 Å². The van der Waals surface area contributed by atoms with Crippen molar-refractivity contribution in [2.45, 2.75) is 25.4 Å². The SMILES string of the molecule is Cl.NCc1ccc(C(=O)NC2CCOCC2)cc1. The highest BCUT2D eigenvalue weighted by Crippen LogP contribution is 2.09. The molecule has 1 aliphatic rings. The Balaban J connectivity index is 0.00000162. The van der Waals surface area contributed by atoms with E-state index in [4.69, 9.17) is 10.5 Å². The molecule has 0 radical (unpaired) electrons. The number of rotatable bonds is 3. The summed E-state index contributed by atoms with van der Waals surface area (Å²) >= 11 is 0. The Bertz CT molecular complexity index is 375. The number of amides is 1. The monoisotopic (exact) mass is 270 g/mol. The number of nitrogens with one attached hydrogen (secondary N) is 1. The maximum atomic E-state index is 11.9. The summed E-state index contributed by atoms with van der Waals surface area (Å²) in [6.45, 7) is 1.97. The van der Waals surface area contributed by atoms with E-state index in [0.29, 0.717) is 12.1 Å². The maximum Gasteiger partial charge on any atom is 0.251 e. The summed E-state index contributed by atoms with van der Waals surface area (Å²) < 4.78 is 5.25. The molecule has 0 saturated carbocycles. The first-order valence-corrected chi connectivity index (χ1v) is 5.97. The van der Waals surface area contributed by atoms with Crippen LogP contribution in [0.5, 0.6) is 0 Å². The van der Waals surface area contributed by atoms with Crippen LogP contribution in [0.4, 0.5) is 0 Å². The van der Waals surface area contributed by atoms with E-state index in [0.717, 1.165) is 31.6 Å². The normalized spacial score (nSPS) is 15.8. The van der Waals surface area contributed by atoms with E-state index in [2.05, 4.69) is 5.32 Å². The van der Waals surface area contributed by atoms with Crippen LogP contribution in [-0.4, -0.2) is 25.2 Å². The molecule has 3 N–H and O–H groups in total. The predicted octanol–water partition coefficient (Wildman–Crippen LogP) is 1.48. The lowest BCUT2D eigenvalue weighted by molar-refractivity contribution is 0.0696. The second-order valence-corrected chi connectivity index (χ2v) is 4.26. The molecule has 2 rings (SSSR count). The minimum absolute atomic E-state index is 0. The van der Waals surface area contributed by atoms with Crippen LogP contribution >= 0.6 is 12.4 Å². The molecule has 0 atom stereocenters. The van der Waals surface area contributed by atoms with Gasteiger partial charge >= 0.3 is 0 Å². The van der Waals surface area contributed by atoms with Crippen molar-refractivity contribution in [3.63, 3.8) is 0 Å². The number of carbonyl (C=O) groups is 1. The fraction of sp³-hybridized carbons (Fsp3) is 0.462. The molecule has 5 heteroatoms.